The van der Waals surface area contributed by atoms with Gasteiger partial charge in [0, 0.05) is 11.3 Å². The minimum Gasteiger partial charge on any atom is -0.476 e. The Morgan fingerprint density at radius 2 is 2.10 bits per heavy atom. The molecule has 3 rings (SSSR count). The van der Waals surface area contributed by atoms with Crippen molar-refractivity contribution in [3.63, 3.8) is 0 Å². The van der Waals surface area contributed by atoms with E-state index in [0.29, 0.717) is 18.2 Å². The number of fused-ring (bicyclic) bond motifs is 1. The van der Waals surface area contributed by atoms with Gasteiger partial charge in [-0.25, -0.2) is 9.48 Å². The molecular weight excluding hydrogens is 266 g/mol. The van der Waals surface area contributed by atoms with Crippen molar-refractivity contribution in [2.45, 2.75) is 45.1 Å². The van der Waals surface area contributed by atoms with E-state index in [0.717, 1.165) is 6.42 Å². The lowest BCUT2D eigenvalue weighted by Gasteiger charge is -2.31. The molecule has 1 aliphatic rings. The summed E-state index contributed by atoms with van der Waals surface area (Å²) in [6.45, 7) is 6.65. The average molecular weight is 285 g/mol. The molecule has 2 aromatic rings. The number of hydrogen-bond acceptors (Lipinski definition) is 3. The fraction of sp³-hybridized carbons (Fsp3) is 0.438. The second-order valence-electron chi connectivity index (χ2n) is 6.62. The molecule has 1 heterocycles. The second-order valence-corrected chi connectivity index (χ2v) is 6.62. The summed E-state index contributed by atoms with van der Waals surface area (Å²) >= 11 is 0. The van der Waals surface area contributed by atoms with Crippen LogP contribution in [0.15, 0.2) is 24.3 Å². The van der Waals surface area contributed by atoms with Crippen molar-refractivity contribution in [3.8, 4) is 0 Å². The third-order valence-corrected chi connectivity index (χ3v) is 4.00. The summed E-state index contributed by atoms with van der Waals surface area (Å²) in [6.07, 6.45) is 1.02. The van der Waals surface area contributed by atoms with Crippen molar-refractivity contribution in [2.24, 2.45) is 0 Å². The van der Waals surface area contributed by atoms with Crippen LogP contribution in [0, 0.1) is 0 Å². The van der Waals surface area contributed by atoms with Gasteiger partial charge in [0.1, 0.15) is 0 Å². The largest absolute Gasteiger partial charge is 0.476 e. The van der Waals surface area contributed by atoms with E-state index in [1.807, 2.05) is 32.9 Å². The first kappa shape index (κ1) is 13.8. The van der Waals surface area contributed by atoms with E-state index in [9.17, 15) is 9.90 Å². The fourth-order valence-corrected chi connectivity index (χ4v) is 3.06. The van der Waals surface area contributed by atoms with Crippen LogP contribution in [-0.2, 0) is 18.4 Å². The van der Waals surface area contributed by atoms with E-state index in [2.05, 4.69) is 22.4 Å². The van der Waals surface area contributed by atoms with Crippen molar-refractivity contribution >= 4 is 5.97 Å². The normalized spacial score (nSPS) is 17.2. The van der Waals surface area contributed by atoms with Crippen molar-refractivity contribution in [2.75, 3.05) is 0 Å². The number of rotatable bonds is 3. The zero-order valence-corrected chi connectivity index (χ0v) is 12.5. The van der Waals surface area contributed by atoms with E-state index >= 15 is 0 Å². The summed E-state index contributed by atoms with van der Waals surface area (Å²) in [7, 11) is 0. The first-order valence-corrected chi connectivity index (χ1v) is 7.13. The lowest BCUT2D eigenvalue weighted by Crippen LogP contribution is -2.27. The molecule has 1 aromatic carbocycles. The number of carbonyl (C=O) groups is 1. The molecule has 1 aliphatic carbocycles. The molecule has 1 N–H and O–H groups in total. The highest BCUT2D eigenvalue weighted by Gasteiger charge is 2.32. The molecule has 110 valence electrons. The Bertz CT molecular complexity index is 698. The van der Waals surface area contributed by atoms with Gasteiger partial charge < -0.3 is 5.11 Å². The first-order chi connectivity index (χ1) is 9.88. The highest BCUT2D eigenvalue weighted by atomic mass is 16.4. The lowest BCUT2D eigenvalue weighted by molar-refractivity contribution is 0.0687. The number of nitrogens with zero attached hydrogens (tertiary/aromatic N) is 3. The molecule has 0 bridgehead atoms. The standard InChI is InChI=1S/C16H19N3O2/c1-16(2,3)14-13(15(20)21)17-18-19(14)9-11-8-10-6-4-5-7-12(10)11/h4-7,11H,8-9H2,1-3H3,(H,20,21). The van der Waals surface area contributed by atoms with Gasteiger partial charge in [-0.05, 0) is 17.5 Å². The molecule has 0 radical (unpaired) electrons. The smallest absolute Gasteiger partial charge is 0.358 e. The molecule has 0 saturated heterocycles. The van der Waals surface area contributed by atoms with Crippen LogP contribution < -0.4 is 0 Å². The number of carboxylic acids is 1. The zero-order chi connectivity index (χ0) is 15.2. The molecule has 0 fully saturated rings. The third-order valence-electron chi connectivity index (χ3n) is 4.00. The van der Waals surface area contributed by atoms with Crippen LogP contribution in [0.1, 0.15) is 54.0 Å². The van der Waals surface area contributed by atoms with E-state index in [-0.39, 0.29) is 11.1 Å². The van der Waals surface area contributed by atoms with Crippen LogP contribution in [0.3, 0.4) is 0 Å². The van der Waals surface area contributed by atoms with Gasteiger partial charge in [0.25, 0.3) is 0 Å². The highest BCUT2D eigenvalue weighted by molar-refractivity contribution is 5.86. The molecule has 5 heteroatoms. The summed E-state index contributed by atoms with van der Waals surface area (Å²) in [6, 6.07) is 8.36. The van der Waals surface area contributed by atoms with E-state index in [1.54, 1.807) is 4.68 Å². The van der Waals surface area contributed by atoms with E-state index in [1.165, 1.54) is 11.1 Å². The Morgan fingerprint density at radius 1 is 1.38 bits per heavy atom. The Balaban J connectivity index is 1.93. The maximum atomic E-state index is 11.3. The van der Waals surface area contributed by atoms with Crippen LogP contribution in [0.2, 0.25) is 0 Å². The average Bonchev–Trinajstić information content (AvgIpc) is 2.80. The molecule has 1 aromatic heterocycles. The number of hydrogen-bond donors (Lipinski definition) is 1. The maximum Gasteiger partial charge on any atom is 0.358 e. The number of aromatic carboxylic acids is 1. The van der Waals surface area contributed by atoms with Gasteiger partial charge in [-0.1, -0.05) is 50.3 Å². The predicted octanol–water partition coefficient (Wildman–Crippen LogP) is 2.61. The Hall–Kier alpha value is -2.17. The molecule has 0 aliphatic heterocycles. The van der Waals surface area contributed by atoms with E-state index in [4.69, 9.17) is 0 Å². The van der Waals surface area contributed by atoms with Crippen molar-refractivity contribution in [1.82, 2.24) is 15.0 Å². The predicted molar refractivity (Wildman–Crippen MR) is 78.6 cm³/mol. The maximum absolute atomic E-state index is 11.3. The minimum absolute atomic E-state index is 0.0649. The quantitative estimate of drug-likeness (QED) is 0.941. The molecule has 0 amide bonds. The topological polar surface area (TPSA) is 68.0 Å². The molecule has 21 heavy (non-hydrogen) atoms. The van der Waals surface area contributed by atoms with Crippen molar-refractivity contribution in [3.05, 3.63) is 46.8 Å². The molecule has 0 spiro atoms. The van der Waals surface area contributed by atoms with Crippen LogP contribution >= 0.6 is 0 Å². The van der Waals surface area contributed by atoms with Gasteiger partial charge in [0.2, 0.25) is 0 Å². The SMILES string of the molecule is CC(C)(C)c1c(C(=O)O)nnn1CC1Cc2ccccc21. The first-order valence-electron chi connectivity index (χ1n) is 7.13. The minimum atomic E-state index is -1.01. The van der Waals surface area contributed by atoms with Crippen molar-refractivity contribution < 1.29 is 9.90 Å². The van der Waals surface area contributed by atoms with Crippen LogP contribution in [0.25, 0.3) is 0 Å². The lowest BCUT2D eigenvalue weighted by atomic mass is 9.77. The van der Waals surface area contributed by atoms with Crippen molar-refractivity contribution in [1.29, 1.82) is 0 Å². The zero-order valence-electron chi connectivity index (χ0n) is 12.5. The molecule has 5 nitrogen and oxygen atoms in total. The molecule has 1 unspecified atom stereocenters. The van der Waals surface area contributed by atoms with Gasteiger partial charge in [0.05, 0.1) is 12.2 Å². The van der Waals surface area contributed by atoms with Gasteiger partial charge >= 0.3 is 5.97 Å². The van der Waals surface area contributed by atoms with Crippen LogP contribution in [0.4, 0.5) is 0 Å². The Kier molecular flexibility index (Phi) is 3.08. The van der Waals surface area contributed by atoms with Gasteiger partial charge in [-0.15, -0.1) is 5.10 Å². The second kappa shape index (κ2) is 4.69. The third kappa shape index (κ3) is 2.33. The number of benzene rings is 1. The Labute approximate surface area is 123 Å². The summed E-state index contributed by atoms with van der Waals surface area (Å²) in [5, 5.41) is 17.2. The fourth-order valence-electron chi connectivity index (χ4n) is 3.06. The summed E-state index contributed by atoms with van der Waals surface area (Å²) in [5.74, 6) is -0.620. The van der Waals surface area contributed by atoms with Crippen LogP contribution in [-0.4, -0.2) is 26.1 Å². The highest BCUT2D eigenvalue weighted by Crippen LogP contribution is 2.37. The summed E-state index contributed by atoms with van der Waals surface area (Å²) in [5.41, 5.74) is 3.16. The monoisotopic (exact) mass is 285 g/mol. The number of carboxylic acid groups (broad SMARTS) is 1. The molecule has 0 saturated carbocycles. The summed E-state index contributed by atoms with van der Waals surface area (Å²) in [4.78, 5) is 11.3. The molecule has 1 atom stereocenters. The summed E-state index contributed by atoms with van der Waals surface area (Å²) < 4.78 is 1.77. The van der Waals surface area contributed by atoms with Gasteiger partial charge in [-0.2, -0.15) is 0 Å². The van der Waals surface area contributed by atoms with E-state index < -0.39 is 5.97 Å². The van der Waals surface area contributed by atoms with Crippen LogP contribution in [0.5, 0.6) is 0 Å². The molecular formula is C16H19N3O2. The van der Waals surface area contributed by atoms with Gasteiger partial charge in [0.15, 0.2) is 5.69 Å². The number of aromatic nitrogens is 3. The Morgan fingerprint density at radius 3 is 2.71 bits per heavy atom. The van der Waals surface area contributed by atoms with Gasteiger partial charge in [-0.3, -0.25) is 0 Å².